The van der Waals surface area contributed by atoms with E-state index >= 15 is 0 Å². The van der Waals surface area contributed by atoms with Crippen LogP contribution >= 0.6 is 46.4 Å². The van der Waals surface area contributed by atoms with Gasteiger partial charge in [0, 0.05) is 17.2 Å². The molecule has 0 spiro atoms. The molecule has 1 aliphatic heterocycles. The van der Waals surface area contributed by atoms with Crippen LogP contribution in [0.2, 0.25) is 20.1 Å². The summed E-state index contributed by atoms with van der Waals surface area (Å²) in [5.74, 6) is 0.567. The van der Waals surface area contributed by atoms with Crippen LogP contribution in [0, 0.1) is 0 Å². The molecule has 4 nitrogen and oxygen atoms in total. The molecule has 0 radical (unpaired) electrons. The van der Waals surface area contributed by atoms with Crippen LogP contribution in [0.1, 0.15) is 11.3 Å². The van der Waals surface area contributed by atoms with Crippen molar-refractivity contribution < 1.29 is 13.9 Å². The molecule has 28 heavy (non-hydrogen) atoms. The third-order valence-electron chi connectivity index (χ3n) is 3.90. The quantitative estimate of drug-likeness (QED) is 0.320. The number of nitrogens with zero attached hydrogens (tertiary/aromatic N) is 1. The van der Waals surface area contributed by atoms with Gasteiger partial charge >= 0.3 is 5.97 Å². The molecule has 0 bridgehead atoms. The van der Waals surface area contributed by atoms with E-state index in [2.05, 4.69) is 4.99 Å². The van der Waals surface area contributed by atoms with Gasteiger partial charge in [0.05, 0.1) is 20.1 Å². The monoisotopic (exact) mass is 451 g/mol. The average molecular weight is 453 g/mol. The molecule has 140 valence electrons. The Morgan fingerprint density at radius 2 is 1.43 bits per heavy atom. The van der Waals surface area contributed by atoms with Gasteiger partial charge in [-0.3, -0.25) is 0 Å². The van der Waals surface area contributed by atoms with Gasteiger partial charge in [-0.05, 0) is 48.5 Å². The lowest BCUT2D eigenvalue weighted by molar-refractivity contribution is -0.129. The number of carbonyl (C=O) groups is 1. The molecule has 0 unspecified atom stereocenters. The number of benzene rings is 2. The predicted octanol–water partition coefficient (Wildman–Crippen LogP) is 6.90. The summed E-state index contributed by atoms with van der Waals surface area (Å²) in [6.07, 6.45) is 1.49. The smallest absolute Gasteiger partial charge is 0.363 e. The Balaban J connectivity index is 1.62. The van der Waals surface area contributed by atoms with Crippen molar-refractivity contribution in [3.05, 3.63) is 85.6 Å². The summed E-state index contributed by atoms with van der Waals surface area (Å²) in [4.78, 5) is 16.4. The largest absolute Gasteiger partial charge is 0.457 e. The van der Waals surface area contributed by atoms with E-state index in [-0.39, 0.29) is 11.6 Å². The van der Waals surface area contributed by atoms with Crippen molar-refractivity contribution in [2.24, 2.45) is 4.99 Å². The Kier molecular flexibility index (Phi) is 5.21. The van der Waals surface area contributed by atoms with Crippen molar-refractivity contribution in [2.75, 3.05) is 0 Å². The molecule has 0 amide bonds. The first kappa shape index (κ1) is 19.1. The van der Waals surface area contributed by atoms with E-state index in [9.17, 15) is 4.79 Å². The second-order valence-electron chi connectivity index (χ2n) is 5.80. The maximum atomic E-state index is 12.1. The van der Waals surface area contributed by atoms with Crippen LogP contribution in [0.5, 0.6) is 0 Å². The molecule has 4 rings (SSSR count). The van der Waals surface area contributed by atoms with E-state index in [1.54, 1.807) is 48.5 Å². The third-order valence-corrected chi connectivity index (χ3v) is 5.37. The number of ether oxygens (including phenoxy) is 1. The summed E-state index contributed by atoms with van der Waals surface area (Å²) in [6.45, 7) is 0. The molecule has 2 heterocycles. The number of hydrogen-bond donors (Lipinski definition) is 0. The van der Waals surface area contributed by atoms with E-state index < -0.39 is 5.97 Å². The highest BCUT2D eigenvalue weighted by Crippen LogP contribution is 2.31. The van der Waals surface area contributed by atoms with Gasteiger partial charge in [0.25, 0.3) is 0 Å². The molecule has 2 aromatic carbocycles. The summed E-state index contributed by atoms with van der Waals surface area (Å²) >= 11 is 23.9. The number of rotatable bonds is 3. The molecule has 0 aliphatic carbocycles. The number of halogens is 4. The number of carbonyl (C=O) groups excluding carboxylic acids is 1. The fourth-order valence-corrected chi connectivity index (χ4v) is 3.13. The number of cyclic esters (lactones) is 1. The maximum Gasteiger partial charge on any atom is 0.363 e. The lowest BCUT2D eigenvalue weighted by Gasteiger charge is -2.01. The van der Waals surface area contributed by atoms with Gasteiger partial charge in [-0.15, -0.1) is 0 Å². The first-order valence-corrected chi connectivity index (χ1v) is 9.45. The highest BCUT2D eigenvalue weighted by Gasteiger charge is 2.25. The van der Waals surface area contributed by atoms with Crippen LogP contribution < -0.4 is 0 Å². The topological polar surface area (TPSA) is 51.8 Å². The third kappa shape index (κ3) is 3.82. The second kappa shape index (κ2) is 7.64. The van der Waals surface area contributed by atoms with Gasteiger partial charge in [-0.1, -0.05) is 46.4 Å². The Hall–Kier alpha value is -2.24. The molecule has 0 atom stereocenters. The number of furan rings is 1. The van der Waals surface area contributed by atoms with Crippen LogP contribution in [-0.4, -0.2) is 11.9 Å². The van der Waals surface area contributed by atoms with Crippen LogP contribution in [0.4, 0.5) is 0 Å². The number of aliphatic imine (C=N–C) groups is 1. The molecular weight excluding hydrogens is 444 g/mol. The van der Waals surface area contributed by atoms with E-state index in [0.29, 0.717) is 37.2 Å². The minimum atomic E-state index is -0.589. The molecule has 1 aliphatic rings. The van der Waals surface area contributed by atoms with E-state index in [1.807, 2.05) is 0 Å². The molecule has 0 saturated carbocycles. The summed E-state index contributed by atoms with van der Waals surface area (Å²) in [6, 6.07) is 13.5. The number of esters is 1. The molecule has 3 aromatic rings. The van der Waals surface area contributed by atoms with Crippen molar-refractivity contribution >= 4 is 64.3 Å². The van der Waals surface area contributed by atoms with Crippen molar-refractivity contribution in [1.29, 1.82) is 0 Å². The lowest BCUT2D eigenvalue weighted by atomic mass is 10.2. The van der Waals surface area contributed by atoms with Crippen LogP contribution in [0.15, 0.2) is 63.6 Å². The fraction of sp³-hybridized carbons (Fsp3) is 0. The van der Waals surface area contributed by atoms with Crippen molar-refractivity contribution in [1.82, 2.24) is 0 Å². The summed E-state index contributed by atoms with van der Waals surface area (Å²) in [5.41, 5.74) is 1.41. The molecular formula is C20H9Cl4NO3. The molecule has 0 N–H and O–H groups in total. The first-order chi connectivity index (χ1) is 13.4. The van der Waals surface area contributed by atoms with E-state index in [4.69, 9.17) is 55.6 Å². The summed E-state index contributed by atoms with van der Waals surface area (Å²) in [7, 11) is 0. The van der Waals surface area contributed by atoms with Crippen LogP contribution in [0.3, 0.4) is 0 Å². The zero-order chi connectivity index (χ0) is 19.8. The molecule has 0 saturated heterocycles. The highest BCUT2D eigenvalue weighted by molar-refractivity contribution is 6.42. The van der Waals surface area contributed by atoms with E-state index in [1.165, 1.54) is 6.08 Å². The Bertz CT molecular complexity index is 1160. The highest BCUT2D eigenvalue weighted by atomic mass is 35.5. The van der Waals surface area contributed by atoms with Gasteiger partial charge in [-0.25, -0.2) is 9.79 Å². The second-order valence-corrected chi connectivity index (χ2v) is 7.42. The van der Waals surface area contributed by atoms with Gasteiger partial charge < -0.3 is 9.15 Å². The van der Waals surface area contributed by atoms with Crippen LogP contribution in [-0.2, 0) is 9.53 Å². The van der Waals surface area contributed by atoms with Gasteiger partial charge in [0.2, 0.25) is 5.90 Å². The van der Waals surface area contributed by atoms with Gasteiger partial charge in [0.15, 0.2) is 5.70 Å². The Labute approximate surface area is 179 Å². The normalized spacial score (nSPS) is 15.1. The predicted molar refractivity (Wildman–Crippen MR) is 111 cm³/mol. The zero-order valence-corrected chi connectivity index (χ0v) is 16.9. The van der Waals surface area contributed by atoms with Gasteiger partial charge in [-0.2, -0.15) is 0 Å². The van der Waals surface area contributed by atoms with Crippen molar-refractivity contribution in [3.63, 3.8) is 0 Å². The van der Waals surface area contributed by atoms with Gasteiger partial charge in [0.1, 0.15) is 11.5 Å². The minimum Gasteiger partial charge on any atom is -0.457 e. The number of hydrogen-bond acceptors (Lipinski definition) is 4. The Morgan fingerprint density at radius 1 is 0.786 bits per heavy atom. The average Bonchev–Trinajstić information content (AvgIpc) is 3.27. The Morgan fingerprint density at radius 3 is 2.11 bits per heavy atom. The first-order valence-electron chi connectivity index (χ1n) is 7.94. The summed E-state index contributed by atoms with van der Waals surface area (Å²) in [5, 5.41) is 1.62. The fourth-order valence-electron chi connectivity index (χ4n) is 2.53. The van der Waals surface area contributed by atoms with Crippen LogP contribution in [0.25, 0.3) is 17.4 Å². The maximum absolute atomic E-state index is 12.1. The van der Waals surface area contributed by atoms with E-state index in [0.717, 1.165) is 5.56 Å². The minimum absolute atomic E-state index is 0.108. The molecule has 0 fully saturated rings. The van der Waals surface area contributed by atoms with Crippen molar-refractivity contribution in [3.8, 4) is 11.3 Å². The standard InChI is InChI=1S/C20H9Cl4NO3/c21-13-4-1-10(7-15(13)23)18-6-3-12(27-18)9-17-20(26)28-19(25-17)11-2-5-14(22)16(24)8-11/h1-9H/b17-9-. The van der Waals surface area contributed by atoms with Crippen molar-refractivity contribution in [2.45, 2.75) is 0 Å². The summed E-state index contributed by atoms with van der Waals surface area (Å²) < 4.78 is 11.0. The molecule has 1 aromatic heterocycles. The zero-order valence-electron chi connectivity index (χ0n) is 13.9. The molecule has 8 heteroatoms. The SMILES string of the molecule is O=C1OC(c2ccc(Cl)c(Cl)c2)=N/C1=C\c1ccc(-c2ccc(Cl)c(Cl)c2)o1. The lowest BCUT2D eigenvalue weighted by Crippen LogP contribution is -2.05.